The largest absolute Gasteiger partial charge is 0.444 e. The van der Waals surface area contributed by atoms with Gasteiger partial charge in [-0.05, 0) is 74.9 Å². The van der Waals surface area contributed by atoms with Crippen molar-refractivity contribution in [3.8, 4) is 0 Å². The van der Waals surface area contributed by atoms with Crippen LogP contribution < -0.4 is 5.32 Å². The van der Waals surface area contributed by atoms with E-state index < -0.39 is 17.7 Å². The van der Waals surface area contributed by atoms with E-state index in [1.165, 1.54) is 0 Å². The van der Waals surface area contributed by atoms with Gasteiger partial charge in [0, 0.05) is 45.7 Å². The van der Waals surface area contributed by atoms with Crippen molar-refractivity contribution in [3.63, 3.8) is 0 Å². The van der Waals surface area contributed by atoms with E-state index in [9.17, 15) is 9.59 Å². The average molecular weight is 585 g/mol. The summed E-state index contributed by atoms with van der Waals surface area (Å²) in [4.78, 5) is 33.6. The molecule has 1 aliphatic rings. The third kappa shape index (κ3) is 7.93. The summed E-state index contributed by atoms with van der Waals surface area (Å²) in [7, 11) is 1.72. The van der Waals surface area contributed by atoms with Crippen LogP contribution in [-0.4, -0.2) is 64.9 Å². The molecule has 43 heavy (non-hydrogen) atoms. The van der Waals surface area contributed by atoms with Crippen molar-refractivity contribution in [1.29, 1.82) is 0 Å². The van der Waals surface area contributed by atoms with Crippen molar-refractivity contribution >= 4 is 33.8 Å². The van der Waals surface area contributed by atoms with Crippen LogP contribution in [0.5, 0.6) is 0 Å². The lowest BCUT2D eigenvalue weighted by Gasteiger charge is -2.35. The minimum atomic E-state index is -0.629. The lowest BCUT2D eigenvalue weighted by atomic mass is 9.98. The van der Waals surface area contributed by atoms with Crippen LogP contribution in [0.4, 0.5) is 4.79 Å². The maximum absolute atomic E-state index is 13.8. The molecule has 4 aromatic rings. The number of ether oxygens (including phenoxy) is 2. The number of carbonyl (C=O) groups is 2. The minimum Gasteiger partial charge on any atom is -0.444 e. The fraction of sp³-hybridized carbons (Fsp3) is 0.457. The van der Waals surface area contributed by atoms with Crippen molar-refractivity contribution in [1.82, 2.24) is 19.8 Å². The summed E-state index contributed by atoms with van der Waals surface area (Å²) < 4.78 is 13.2. The number of nitrogens with one attached hydrogen (secondary N) is 1. The Balaban J connectivity index is 1.33. The van der Waals surface area contributed by atoms with Gasteiger partial charge in [0.1, 0.15) is 11.4 Å². The molecule has 228 valence electrons. The second-order valence-electron chi connectivity index (χ2n) is 12.6. The molecule has 3 aromatic carbocycles. The van der Waals surface area contributed by atoms with Crippen LogP contribution in [0, 0.1) is 0 Å². The number of methoxy groups -OCH3 is 1. The number of likely N-dealkylation sites (tertiary alicyclic amines) is 1. The van der Waals surface area contributed by atoms with Crippen LogP contribution in [0.2, 0.25) is 0 Å². The lowest BCUT2D eigenvalue weighted by Crippen LogP contribution is -2.46. The molecule has 1 aliphatic heterocycles. The Labute approximate surface area is 254 Å². The van der Waals surface area contributed by atoms with Crippen LogP contribution in [0.3, 0.4) is 0 Å². The predicted molar refractivity (Wildman–Crippen MR) is 170 cm³/mol. The molecule has 2 heterocycles. The van der Waals surface area contributed by atoms with Gasteiger partial charge in [-0.2, -0.15) is 0 Å². The SMILES string of the molecule is COCCCc1nc2ccccc2n1C1CCCN(C(=O)CC(Cc2ccc3ccccc3c2)NC(=O)OC(C)(C)C)C1. The van der Waals surface area contributed by atoms with Gasteiger partial charge in [-0.1, -0.05) is 54.6 Å². The molecule has 2 atom stereocenters. The van der Waals surface area contributed by atoms with Crippen LogP contribution in [0.15, 0.2) is 66.7 Å². The first-order valence-corrected chi connectivity index (χ1v) is 15.4. The molecule has 2 unspecified atom stereocenters. The molecule has 8 heteroatoms. The zero-order valence-electron chi connectivity index (χ0n) is 25.8. The number of imidazole rings is 1. The summed E-state index contributed by atoms with van der Waals surface area (Å²) in [5.74, 6) is 1.08. The lowest BCUT2D eigenvalue weighted by molar-refractivity contribution is -0.133. The molecule has 1 N–H and O–H groups in total. The number of piperidine rings is 1. The van der Waals surface area contributed by atoms with E-state index in [1.807, 2.05) is 49.9 Å². The highest BCUT2D eigenvalue weighted by molar-refractivity contribution is 5.83. The molecule has 0 radical (unpaired) electrons. The van der Waals surface area contributed by atoms with Crippen molar-refractivity contribution in [3.05, 3.63) is 78.1 Å². The van der Waals surface area contributed by atoms with E-state index >= 15 is 0 Å². The number of aryl methyl sites for hydroxylation is 1. The predicted octanol–water partition coefficient (Wildman–Crippen LogP) is 6.46. The van der Waals surface area contributed by atoms with Gasteiger partial charge in [-0.3, -0.25) is 4.79 Å². The minimum absolute atomic E-state index is 0.0388. The summed E-state index contributed by atoms with van der Waals surface area (Å²) in [5.41, 5.74) is 2.52. The van der Waals surface area contributed by atoms with Gasteiger partial charge in [0.05, 0.1) is 17.1 Å². The highest BCUT2D eigenvalue weighted by Gasteiger charge is 2.30. The number of fused-ring (bicyclic) bond motifs is 2. The fourth-order valence-electron chi connectivity index (χ4n) is 6.08. The zero-order valence-corrected chi connectivity index (χ0v) is 25.8. The molecule has 0 spiro atoms. The second-order valence-corrected chi connectivity index (χ2v) is 12.6. The van der Waals surface area contributed by atoms with Crippen LogP contribution in [0.25, 0.3) is 21.8 Å². The Hall–Kier alpha value is -3.91. The van der Waals surface area contributed by atoms with E-state index in [0.717, 1.165) is 58.9 Å². The van der Waals surface area contributed by atoms with Crippen molar-refractivity contribution < 1.29 is 19.1 Å². The van der Waals surface area contributed by atoms with E-state index in [4.69, 9.17) is 14.5 Å². The van der Waals surface area contributed by atoms with Gasteiger partial charge in [0.25, 0.3) is 0 Å². The number of rotatable bonds is 10. The zero-order chi connectivity index (χ0) is 30.4. The highest BCUT2D eigenvalue weighted by atomic mass is 16.6. The molecule has 0 bridgehead atoms. The average Bonchev–Trinajstić information content (AvgIpc) is 3.34. The van der Waals surface area contributed by atoms with Gasteiger partial charge in [0.15, 0.2) is 0 Å². The van der Waals surface area contributed by atoms with Crippen molar-refractivity contribution in [2.75, 3.05) is 26.8 Å². The summed E-state index contributed by atoms with van der Waals surface area (Å²) in [6.07, 6.45) is 3.83. The van der Waals surface area contributed by atoms with E-state index in [0.29, 0.717) is 26.1 Å². The van der Waals surface area contributed by atoms with Gasteiger partial charge in [-0.15, -0.1) is 0 Å². The number of aromatic nitrogens is 2. The maximum Gasteiger partial charge on any atom is 0.407 e. The number of para-hydroxylation sites is 2. The smallest absolute Gasteiger partial charge is 0.407 e. The monoisotopic (exact) mass is 584 g/mol. The van der Waals surface area contributed by atoms with Crippen molar-refractivity contribution in [2.45, 2.75) is 77.0 Å². The first kappa shape index (κ1) is 30.5. The summed E-state index contributed by atoms with van der Waals surface area (Å²) in [6.45, 7) is 7.53. The number of carbonyl (C=O) groups excluding carboxylic acids is 2. The molecule has 1 aromatic heterocycles. The van der Waals surface area contributed by atoms with Crippen LogP contribution in [0.1, 0.15) is 63.9 Å². The van der Waals surface area contributed by atoms with Gasteiger partial charge < -0.3 is 24.3 Å². The molecule has 1 saturated heterocycles. The maximum atomic E-state index is 13.8. The van der Waals surface area contributed by atoms with Gasteiger partial charge in [-0.25, -0.2) is 9.78 Å². The second kappa shape index (κ2) is 13.6. The normalized spacial score (nSPS) is 16.4. The molecular weight excluding hydrogens is 540 g/mol. The Morgan fingerprint density at radius 2 is 1.81 bits per heavy atom. The molecule has 5 rings (SSSR count). The van der Waals surface area contributed by atoms with Crippen molar-refractivity contribution in [2.24, 2.45) is 0 Å². The molecule has 2 amide bonds. The summed E-state index contributed by atoms with van der Waals surface area (Å²) in [5, 5.41) is 5.30. The first-order chi connectivity index (χ1) is 20.7. The Morgan fingerprint density at radius 1 is 1.05 bits per heavy atom. The molecule has 0 saturated carbocycles. The molecule has 8 nitrogen and oxygen atoms in total. The van der Waals surface area contributed by atoms with Crippen LogP contribution >= 0.6 is 0 Å². The van der Waals surface area contributed by atoms with E-state index in [-0.39, 0.29) is 18.4 Å². The Morgan fingerprint density at radius 3 is 2.60 bits per heavy atom. The number of hydrogen-bond acceptors (Lipinski definition) is 5. The Kier molecular flexibility index (Phi) is 9.65. The number of hydrogen-bond donors (Lipinski definition) is 1. The third-order valence-electron chi connectivity index (χ3n) is 7.97. The molecule has 0 aliphatic carbocycles. The number of amides is 2. The number of nitrogens with zero attached hydrogens (tertiary/aromatic N) is 3. The Bertz CT molecular complexity index is 1560. The quantitative estimate of drug-likeness (QED) is 0.216. The fourth-order valence-corrected chi connectivity index (χ4v) is 6.08. The standard InChI is InChI=1S/C35H44N4O4/c1-35(2,3)43-34(41)36-28(22-25-17-18-26-11-5-6-12-27(26)21-25)23-33(40)38-19-9-13-29(24-38)39-31-15-8-7-14-30(31)37-32(39)16-10-20-42-4/h5-8,11-12,14-15,17-18,21,28-29H,9-10,13,16,19-20,22-24H2,1-4H3,(H,36,41). The third-order valence-corrected chi connectivity index (χ3v) is 7.97. The summed E-state index contributed by atoms with van der Waals surface area (Å²) >= 11 is 0. The first-order valence-electron chi connectivity index (χ1n) is 15.4. The van der Waals surface area contributed by atoms with Crippen LogP contribution in [-0.2, 0) is 27.1 Å². The van der Waals surface area contributed by atoms with E-state index in [1.54, 1.807) is 7.11 Å². The van der Waals surface area contributed by atoms with E-state index in [2.05, 4.69) is 52.3 Å². The number of benzene rings is 3. The highest BCUT2D eigenvalue weighted by Crippen LogP contribution is 2.29. The van der Waals surface area contributed by atoms with Gasteiger partial charge >= 0.3 is 6.09 Å². The topological polar surface area (TPSA) is 85.7 Å². The summed E-state index contributed by atoms with van der Waals surface area (Å²) in [6, 6.07) is 22.5. The molecular formula is C35H44N4O4. The molecule has 1 fully saturated rings. The number of alkyl carbamates (subject to hydrolysis) is 1. The van der Waals surface area contributed by atoms with Gasteiger partial charge in [0.2, 0.25) is 5.91 Å².